The van der Waals surface area contributed by atoms with Crippen molar-refractivity contribution >= 4 is 5.97 Å². The Balaban J connectivity index is 2.75. The zero-order valence-electron chi connectivity index (χ0n) is 8.42. The van der Waals surface area contributed by atoms with Crippen molar-refractivity contribution in [2.45, 2.75) is 33.1 Å². The number of carbonyl (C=O) groups is 1. The molecule has 0 amide bonds. The van der Waals surface area contributed by atoms with Gasteiger partial charge in [0.2, 0.25) is 0 Å². The second-order valence-electron chi connectivity index (χ2n) is 4.44. The molecule has 0 unspecified atom stereocenters. The minimum absolute atomic E-state index is 0.134. The maximum Gasteiger partial charge on any atom is 0.303 e. The molecule has 1 saturated carbocycles. The Kier molecular flexibility index (Phi) is 2.96. The van der Waals surface area contributed by atoms with Gasteiger partial charge in [-0.15, -0.1) is 0 Å². The first kappa shape index (κ1) is 10.5. The van der Waals surface area contributed by atoms with Crippen LogP contribution >= 0.6 is 0 Å². The molecule has 1 aliphatic carbocycles. The Morgan fingerprint density at radius 3 is 2.54 bits per heavy atom. The summed E-state index contributed by atoms with van der Waals surface area (Å²) < 4.78 is 0. The van der Waals surface area contributed by atoms with Crippen LogP contribution in [0.2, 0.25) is 0 Å². The maximum absolute atomic E-state index is 10.7. The molecule has 0 heterocycles. The molecular formula is C10H19NO2. The Bertz CT molecular complexity index is 205. The predicted molar refractivity (Wildman–Crippen MR) is 51.3 cm³/mol. The van der Waals surface area contributed by atoms with Gasteiger partial charge in [0.15, 0.2) is 0 Å². The third-order valence-corrected chi connectivity index (χ3v) is 3.83. The van der Waals surface area contributed by atoms with E-state index < -0.39 is 5.97 Å². The molecular weight excluding hydrogens is 166 g/mol. The predicted octanol–water partition coefficient (Wildman–Crippen LogP) is 1.47. The number of carboxylic acids is 1. The zero-order valence-corrected chi connectivity index (χ0v) is 8.42. The van der Waals surface area contributed by atoms with Gasteiger partial charge in [-0.05, 0) is 36.6 Å². The van der Waals surface area contributed by atoms with E-state index in [1.165, 1.54) is 0 Å². The fourth-order valence-corrected chi connectivity index (χ4v) is 2.51. The number of hydrogen-bond acceptors (Lipinski definition) is 2. The van der Waals surface area contributed by atoms with Gasteiger partial charge in [0.25, 0.3) is 0 Å². The lowest BCUT2D eigenvalue weighted by Crippen LogP contribution is -2.36. The van der Waals surface area contributed by atoms with E-state index in [0.717, 1.165) is 12.8 Å². The first-order valence-electron chi connectivity index (χ1n) is 4.94. The fraction of sp³-hybridized carbons (Fsp3) is 0.900. The van der Waals surface area contributed by atoms with Crippen molar-refractivity contribution in [3.05, 3.63) is 0 Å². The van der Waals surface area contributed by atoms with Crippen LogP contribution in [-0.2, 0) is 4.79 Å². The molecule has 3 nitrogen and oxygen atoms in total. The molecule has 0 spiro atoms. The van der Waals surface area contributed by atoms with Crippen LogP contribution in [0, 0.1) is 17.3 Å². The third kappa shape index (κ3) is 1.85. The van der Waals surface area contributed by atoms with Crippen LogP contribution in [0.5, 0.6) is 0 Å². The quantitative estimate of drug-likeness (QED) is 0.700. The molecule has 0 aromatic heterocycles. The second-order valence-corrected chi connectivity index (χ2v) is 4.44. The molecule has 0 aromatic rings. The smallest absolute Gasteiger partial charge is 0.303 e. The monoisotopic (exact) mass is 185 g/mol. The van der Waals surface area contributed by atoms with Crippen LogP contribution in [0.3, 0.4) is 0 Å². The van der Waals surface area contributed by atoms with E-state index >= 15 is 0 Å². The van der Waals surface area contributed by atoms with E-state index in [2.05, 4.69) is 13.8 Å². The molecule has 0 saturated heterocycles. The summed E-state index contributed by atoms with van der Waals surface area (Å²) in [4.78, 5) is 10.7. The van der Waals surface area contributed by atoms with E-state index in [9.17, 15) is 4.79 Å². The Labute approximate surface area is 79.3 Å². The van der Waals surface area contributed by atoms with Gasteiger partial charge in [-0.3, -0.25) is 4.79 Å². The number of rotatable bonds is 3. The van der Waals surface area contributed by atoms with E-state index in [1.54, 1.807) is 0 Å². The van der Waals surface area contributed by atoms with Crippen LogP contribution in [-0.4, -0.2) is 17.6 Å². The van der Waals surface area contributed by atoms with Gasteiger partial charge in [0, 0.05) is 0 Å². The van der Waals surface area contributed by atoms with E-state index in [0.29, 0.717) is 18.4 Å². The summed E-state index contributed by atoms with van der Waals surface area (Å²) in [5.41, 5.74) is 5.57. The standard InChI is InChI=1S/C10H19NO2/c1-7-3-4-10(6-11,8(7)2)5-9(12)13/h7-8H,3-6,11H2,1-2H3,(H,12,13)/t7-,8-,10+/m0/s1. The van der Waals surface area contributed by atoms with Crippen LogP contribution in [0.1, 0.15) is 33.1 Å². The highest BCUT2D eigenvalue weighted by molar-refractivity contribution is 5.67. The van der Waals surface area contributed by atoms with E-state index in [4.69, 9.17) is 10.8 Å². The van der Waals surface area contributed by atoms with Crippen molar-refractivity contribution < 1.29 is 9.90 Å². The van der Waals surface area contributed by atoms with Crippen molar-refractivity contribution in [3.8, 4) is 0 Å². The van der Waals surface area contributed by atoms with Crippen molar-refractivity contribution in [3.63, 3.8) is 0 Å². The lowest BCUT2D eigenvalue weighted by Gasteiger charge is -2.32. The topological polar surface area (TPSA) is 63.3 Å². The fourth-order valence-electron chi connectivity index (χ4n) is 2.51. The lowest BCUT2D eigenvalue weighted by atomic mass is 9.74. The average Bonchev–Trinajstić information content (AvgIpc) is 2.33. The van der Waals surface area contributed by atoms with Gasteiger partial charge < -0.3 is 10.8 Å². The van der Waals surface area contributed by atoms with Gasteiger partial charge in [0.05, 0.1) is 6.42 Å². The summed E-state index contributed by atoms with van der Waals surface area (Å²) in [5.74, 6) is 0.336. The van der Waals surface area contributed by atoms with Crippen molar-refractivity contribution in [2.24, 2.45) is 23.0 Å². The van der Waals surface area contributed by atoms with E-state index in [1.807, 2.05) is 0 Å². The molecule has 0 aromatic carbocycles. The average molecular weight is 185 g/mol. The molecule has 1 rings (SSSR count). The summed E-state index contributed by atoms with van der Waals surface area (Å²) in [6.07, 6.45) is 2.32. The molecule has 0 bridgehead atoms. The molecule has 0 radical (unpaired) electrons. The number of carboxylic acid groups (broad SMARTS) is 1. The van der Waals surface area contributed by atoms with Crippen molar-refractivity contribution in [1.82, 2.24) is 0 Å². The SMILES string of the molecule is C[C@H]1CC[C@](CN)(CC(=O)O)[C@H]1C. The van der Waals surface area contributed by atoms with Gasteiger partial charge >= 0.3 is 5.97 Å². The summed E-state index contributed by atoms with van der Waals surface area (Å²) >= 11 is 0. The Morgan fingerprint density at radius 2 is 2.23 bits per heavy atom. The Hall–Kier alpha value is -0.570. The number of hydrogen-bond donors (Lipinski definition) is 2. The van der Waals surface area contributed by atoms with E-state index in [-0.39, 0.29) is 11.8 Å². The maximum atomic E-state index is 10.7. The summed E-state index contributed by atoms with van der Waals surface area (Å²) in [6, 6.07) is 0. The van der Waals surface area contributed by atoms with Crippen molar-refractivity contribution in [2.75, 3.05) is 6.54 Å². The van der Waals surface area contributed by atoms with Gasteiger partial charge in [-0.1, -0.05) is 13.8 Å². The molecule has 13 heavy (non-hydrogen) atoms. The molecule has 76 valence electrons. The zero-order chi connectivity index (χ0) is 10.1. The number of nitrogens with two attached hydrogens (primary N) is 1. The minimum Gasteiger partial charge on any atom is -0.481 e. The Morgan fingerprint density at radius 1 is 1.62 bits per heavy atom. The first-order valence-corrected chi connectivity index (χ1v) is 4.94. The normalized spacial score (nSPS) is 39.3. The highest BCUT2D eigenvalue weighted by Gasteiger charge is 2.44. The van der Waals surface area contributed by atoms with Crippen molar-refractivity contribution in [1.29, 1.82) is 0 Å². The largest absolute Gasteiger partial charge is 0.481 e. The van der Waals surface area contributed by atoms with Crippen LogP contribution < -0.4 is 5.73 Å². The lowest BCUT2D eigenvalue weighted by molar-refractivity contribution is -0.140. The van der Waals surface area contributed by atoms with Crippen LogP contribution in [0.15, 0.2) is 0 Å². The third-order valence-electron chi connectivity index (χ3n) is 3.83. The summed E-state index contributed by atoms with van der Waals surface area (Å²) in [5, 5.41) is 8.82. The number of aliphatic carboxylic acids is 1. The molecule has 3 heteroatoms. The second kappa shape index (κ2) is 3.66. The highest BCUT2D eigenvalue weighted by Crippen LogP contribution is 2.48. The molecule has 1 fully saturated rings. The molecule has 3 N–H and O–H groups in total. The van der Waals surface area contributed by atoms with Gasteiger partial charge in [-0.25, -0.2) is 0 Å². The van der Waals surface area contributed by atoms with Gasteiger partial charge in [-0.2, -0.15) is 0 Å². The molecule has 0 aliphatic heterocycles. The highest BCUT2D eigenvalue weighted by atomic mass is 16.4. The summed E-state index contributed by atoms with van der Waals surface area (Å²) in [7, 11) is 0. The van der Waals surface area contributed by atoms with Crippen LogP contribution in [0.4, 0.5) is 0 Å². The van der Waals surface area contributed by atoms with Gasteiger partial charge in [0.1, 0.15) is 0 Å². The van der Waals surface area contributed by atoms with Crippen LogP contribution in [0.25, 0.3) is 0 Å². The minimum atomic E-state index is -0.716. The summed E-state index contributed by atoms with van der Waals surface area (Å²) in [6.45, 7) is 4.82. The molecule has 1 aliphatic rings. The molecule has 3 atom stereocenters. The first-order chi connectivity index (χ1) is 6.02.